The number of benzene rings is 3. The van der Waals surface area contributed by atoms with Crippen LogP contribution in [0, 0.1) is 25.6 Å². The molecule has 39 heavy (non-hydrogen) atoms. The Morgan fingerprint density at radius 1 is 0.897 bits per heavy atom. The highest BCUT2D eigenvalue weighted by Gasteiger charge is 2.32. The first-order valence-electron chi connectivity index (χ1n) is 12.9. The van der Waals surface area contributed by atoms with Gasteiger partial charge in [0, 0.05) is 13.1 Å². The molecule has 3 aromatic carbocycles. The Bertz CT molecular complexity index is 1390. The SMILES string of the molecule is Cc1ccc(S(=O)(=O)N(CC(=O)N(Cc2ccccc2C)[C@@H](C)C(=O)NCC(C)C)c2ccc(F)cc2)cc1. The van der Waals surface area contributed by atoms with E-state index in [-0.39, 0.29) is 29.0 Å². The summed E-state index contributed by atoms with van der Waals surface area (Å²) in [5.41, 5.74) is 2.79. The molecular weight excluding hydrogens is 517 g/mol. The van der Waals surface area contributed by atoms with E-state index >= 15 is 0 Å². The molecule has 0 heterocycles. The number of nitrogens with one attached hydrogen (secondary N) is 1. The molecule has 9 heteroatoms. The maximum atomic E-state index is 13.9. The molecule has 0 aliphatic carbocycles. The predicted molar refractivity (Wildman–Crippen MR) is 151 cm³/mol. The fourth-order valence-corrected chi connectivity index (χ4v) is 5.39. The van der Waals surface area contributed by atoms with Crippen LogP contribution in [0.15, 0.2) is 77.7 Å². The van der Waals surface area contributed by atoms with E-state index in [4.69, 9.17) is 0 Å². The minimum atomic E-state index is -4.20. The molecule has 1 N–H and O–H groups in total. The minimum Gasteiger partial charge on any atom is -0.354 e. The summed E-state index contributed by atoms with van der Waals surface area (Å²) in [6.45, 7) is 9.30. The van der Waals surface area contributed by atoms with E-state index in [9.17, 15) is 22.4 Å². The minimum absolute atomic E-state index is 0.00148. The highest BCUT2D eigenvalue weighted by molar-refractivity contribution is 7.92. The third-order valence-electron chi connectivity index (χ3n) is 6.46. The number of anilines is 1. The molecule has 0 bridgehead atoms. The van der Waals surface area contributed by atoms with Gasteiger partial charge in [0.15, 0.2) is 0 Å². The Hall–Kier alpha value is -3.72. The van der Waals surface area contributed by atoms with Crippen molar-refractivity contribution in [1.29, 1.82) is 0 Å². The molecule has 3 aromatic rings. The van der Waals surface area contributed by atoms with Crippen LogP contribution < -0.4 is 9.62 Å². The smallest absolute Gasteiger partial charge is 0.264 e. The molecule has 0 spiro atoms. The van der Waals surface area contributed by atoms with Crippen LogP contribution in [0.5, 0.6) is 0 Å². The lowest BCUT2D eigenvalue weighted by molar-refractivity contribution is -0.139. The van der Waals surface area contributed by atoms with Gasteiger partial charge in [-0.05, 0) is 74.2 Å². The molecule has 7 nitrogen and oxygen atoms in total. The molecule has 1 atom stereocenters. The summed E-state index contributed by atoms with van der Waals surface area (Å²) in [5, 5.41) is 2.86. The van der Waals surface area contributed by atoms with E-state index in [0.717, 1.165) is 33.1 Å². The Kier molecular flexibility index (Phi) is 9.86. The Labute approximate surface area is 230 Å². The van der Waals surface area contributed by atoms with Crippen molar-refractivity contribution in [3.63, 3.8) is 0 Å². The molecule has 0 radical (unpaired) electrons. The number of nitrogens with zero attached hydrogens (tertiary/aromatic N) is 2. The lowest BCUT2D eigenvalue weighted by Crippen LogP contribution is -2.51. The lowest BCUT2D eigenvalue weighted by Gasteiger charge is -2.32. The van der Waals surface area contributed by atoms with Crippen LogP contribution in [-0.2, 0) is 26.2 Å². The zero-order valence-electron chi connectivity index (χ0n) is 23.0. The number of sulfonamides is 1. The number of halogens is 1. The monoisotopic (exact) mass is 553 g/mol. The van der Waals surface area contributed by atoms with Gasteiger partial charge in [-0.1, -0.05) is 55.8 Å². The Morgan fingerprint density at radius 2 is 1.51 bits per heavy atom. The average Bonchev–Trinajstić information content (AvgIpc) is 2.90. The maximum absolute atomic E-state index is 13.9. The van der Waals surface area contributed by atoms with Crippen LogP contribution in [0.25, 0.3) is 0 Å². The van der Waals surface area contributed by atoms with Crippen LogP contribution in [-0.4, -0.2) is 44.3 Å². The van der Waals surface area contributed by atoms with Crippen molar-refractivity contribution in [1.82, 2.24) is 10.2 Å². The molecule has 0 aliphatic heterocycles. The largest absolute Gasteiger partial charge is 0.354 e. The van der Waals surface area contributed by atoms with Crippen LogP contribution in [0.3, 0.4) is 0 Å². The van der Waals surface area contributed by atoms with Crippen LogP contribution in [0.2, 0.25) is 0 Å². The number of hydrogen-bond acceptors (Lipinski definition) is 4. The number of carbonyl (C=O) groups is 2. The van der Waals surface area contributed by atoms with E-state index < -0.39 is 34.3 Å². The Balaban J connectivity index is 2.01. The number of hydrogen-bond donors (Lipinski definition) is 1. The summed E-state index contributed by atoms with van der Waals surface area (Å²) in [4.78, 5) is 28.3. The molecular formula is C30H36FN3O4S. The van der Waals surface area contributed by atoms with E-state index in [1.165, 1.54) is 29.2 Å². The molecule has 0 aromatic heterocycles. The summed E-state index contributed by atoms with van der Waals surface area (Å²) >= 11 is 0. The average molecular weight is 554 g/mol. The highest BCUT2D eigenvalue weighted by Crippen LogP contribution is 2.25. The van der Waals surface area contributed by atoms with Gasteiger partial charge in [-0.2, -0.15) is 0 Å². The molecule has 3 rings (SSSR count). The number of aryl methyl sites for hydroxylation is 2. The van der Waals surface area contributed by atoms with Crippen LogP contribution in [0.1, 0.15) is 37.5 Å². The van der Waals surface area contributed by atoms with Gasteiger partial charge in [0.2, 0.25) is 11.8 Å². The van der Waals surface area contributed by atoms with Crippen molar-refractivity contribution in [3.8, 4) is 0 Å². The summed E-state index contributed by atoms with van der Waals surface area (Å²) in [7, 11) is -4.20. The van der Waals surface area contributed by atoms with E-state index in [1.807, 2.05) is 52.0 Å². The third-order valence-corrected chi connectivity index (χ3v) is 8.24. The van der Waals surface area contributed by atoms with Crippen molar-refractivity contribution >= 4 is 27.5 Å². The van der Waals surface area contributed by atoms with E-state index in [2.05, 4.69) is 5.32 Å². The van der Waals surface area contributed by atoms with Gasteiger partial charge in [0.25, 0.3) is 10.0 Å². The number of rotatable bonds is 11. The van der Waals surface area contributed by atoms with Crippen molar-refractivity contribution in [2.45, 2.75) is 52.1 Å². The predicted octanol–water partition coefficient (Wildman–Crippen LogP) is 4.83. The normalized spacial score (nSPS) is 12.2. The summed E-state index contributed by atoms with van der Waals surface area (Å²) in [5.74, 6) is -1.21. The zero-order valence-corrected chi connectivity index (χ0v) is 23.8. The first-order valence-corrected chi connectivity index (χ1v) is 14.3. The molecule has 0 fully saturated rings. The topological polar surface area (TPSA) is 86.8 Å². The van der Waals surface area contributed by atoms with Gasteiger partial charge < -0.3 is 10.2 Å². The third kappa shape index (κ3) is 7.66. The number of amides is 2. The fourth-order valence-electron chi connectivity index (χ4n) is 3.98. The quantitative estimate of drug-likeness (QED) is 0.369. The molecule has 0 saturated heterocycles. The molecule has 0 unspecified atom stereocenters. The van der Waals surface area contributed by atoms with Gasteiger partial charge in [0.1, 0.15) is 18.4 Å². The zero-order chi connectivity index (χ0) is 28.7. The standard InChI is InChI=1S/C30H36FN3O4S/c1-21(2)18-32-30(36)24(5)33(19-25-9-7-6-8-23(25)4)29(35)20-34(27-14-12-26(31)13-15-27)39(37,38)28-16-10-22(3)11-17-28/h6-17,21,24H,18-20H2,1-5H3,(H,32,36)/t24-/m0/s1. The van der Waals surface area contributed by atoms with Gasteiger partial charge in [-0.3, -0.25) is 13.9 Å². The highest BCUT2D eigenvalue weighted by atomic mass is 32.2. The van der Waals surface area contributed by atoms with E-state index in [1.54, 1.807) is 19.1 Å². The van der Waals surface area contributed by atoms with Gasteiger partial charge in [-0.25, -0.2) is 12.8 Å². The molecule has 208 valence electrons. The fraction of sp³-hybridized carbons (Fsp3) is 0.333. The van der Waals surface area contributed by atoms with Crippen molar-refractivity contribution in [2.24, 2.45) is 5.92 Å². The second-order valence-electron chi connectivity index (χ2n) is 10.1. The summed E-state index contributed by atoms with van der Waals surface area (Å²) in [6, 6.07) is 17.8. The van der Waals surface area contributed by atoms with Crippen molar-refractivity contribution < 1.29 is 22.4 Å². The number of carbonyl (C=O) groups excluding carboxylic acids is 2. The second kappa shape index (κ2) is 12.9. The van der Waals surface area contributed by atoms with Gasteiger partial charge in [0.05, 0.1) is 10.6 Å². The van der Waals surface area contributed by atoms with Gasteiger partial charge in [-0.15, -0.1) is 0 Å². The maximum Gasteiger partial charge on any atom is 0.264 e. The molecule has 0 aliphatic rings. The van der Waals surface area contributed by atoms with Crippen molar-refractivity contribution in [2.75, 3.05) is 17.4 Å². The summed E-state index contributed by atoms with van der Waals surface area (Å²) in [6.07, 6.45) is 0. The van der Waals surface area contributed by atoms with E-state index in [0.29, 0.717) is 6.54 Å². The molecule has 0 saturated carbocycles. The lowest BCUT2D eigenvalue weighted by atomic mass is 10.1. The summed E-state index contributed by atoms with van der Waals surface area (Å²) < 4.78 is 42.2. The van der Waals surface area contributed by atoms with Crippen LogP contribution >= 0.6 is 0 Å². The van der Waals surface area contributed by atoms with Crippen LogP contribution in [0.4, 0.5) is 10.1 Å². The first-order chi connectivity index (χ1) is 18.4. The Morgan fingerprint density at radius 3 is 2.10 bits per heavy atom. The second-order valence-corrected chi connectivity index (χ2v) is 11.9. The molecule has 2 amide bonds. The first kappa shape index (κ1) is 29.8. The van der Waals surface area contributed by atoms with Gasteiger partial charge >= 0.3 is 0 Å². The van der Waals surface area contributed by atoms with Crippen molar-refractivity contribution in [3.05, 3.63) is 95.3 Å².